The minimum absolute atomic E-state index is 0.653. The molecule has 3 aromatic rings. The molecule has 0 saturated heterocycles. The summed E-state index contributed by atoms with van der Waals surface area (Å²) < 4.78 is 1.03. The van der Waals surface area contributed by atoms with Crippen molar-refractivity contribution in [1.82, 2.24) is 4.98 Å². The maximum Gasteiger partial charge on any atom is 0.124 e. The Morgan fingerprint density at radius 2 is 1.90 bits per heavy atom. The molecule has 0 spiro atoms. The van der Waals surface area contributed by atoms with Gasteiger partial charge in [0.25, 0.3) is 0 Å². The van der Waals surface area contributed by atoms with Gasteiger partial charge in [0, 0.05) is 26.0 Å². The topological polar surface area (TPSA) is 12.9 Å². The molecule has 3 rings (SSSR count). The zero-order valence-corrected chi connectivity index (χ0v) is 14.0. The lowest BCUT2D eigenvalue weighted by Gasteiger charge is -2.01. The lowest BCUT2D eigenvalue weighted by atomic mass is 10.2. The van der Waals surface area contributed by atoms with Gasteiger partial charge in [-0.25, -0.2) is 4.98 Å². The van der Waals surface area contributed by atoms with Crippen LogP contribution in [0.1, 0.15) is 0 Å². The molecule has 0 aliphatic rings. The summed E-state index contributed by atoms with van der Waals surface area (Å²) in [7, 11) is 0. The van der Waals surface area contributed by atoms with Gasteiger partial charge >= 0.3 is 0 Å². The first kappa shape index (κ1) is 14.1. The van der Waals surface area contributed by atoms with E-state index in [9.17, 15) is 0 Å². The molecule has 1 aromatic heterocycles. The minimum atomic E-state index is 0.653. The summed E-state index contributed by atoms with van der Waals surface area (Å²) in [5.74, 6) is 0. The second-order valence-corrected chi connectivity index (χ2v) is 6.79. The summed E-state index contributed by atoms with van der Waals surface area (Å²) in [5, 5.41) is 4.26. The van der Waals surface area contributed by atoms with Crippen molar-refractivity contribution in [2.75, 3.05) is 0 Å². The zero-order valence-electron chi connectivity index (χ0n) is 10.1. The fraction of sp³-hybridized carbons (Fsp3) is 0. The van der Waals surface area contributed by atoms with E-state index in [4.69, 9.17) is 23.2 Å². The van der Waals surface area contributed by atoms with Crippen LogP contribution in [0.2, 0.25) is 10.0 Å². The molecule has 1 heterocycles. The van der Waals surface area contributed by atoms with E-state index in [-0.39, 0.29) is 0 Å². The molecule has 0 unspecified atom stereocenters. The van der Waals surface area contributed by atoms with Crippen LogP contribution >= 0.6 is 50.5 Å². The third kappa shape index (κ3) is 2.91. The number of aromatic nitrogens is 1. The highest BCUT2D eigenvalue weighted by Crippen LogP contribution is 2.34. The summed E-state index contributed by atoms with van der Waals surface area (Å²) in [6, 6.07) is 13.5. The first-order chi connectivity index (χ1) is 9.63. The Bertz CT molecular complexity index is 770. The highest BCUT2D eigenvalue weighted by molar-refractivity contribution is 9.10. The van der Waals surface area contributed by atoms with Gasteiger partial charge in [-0.05, 0) is 30.3 Å². The molecule has 0 N–H and O–H groups in total. The summed E-state index contributed by atoms with van der Waals surface area (Å²) in [6.07, 6.45) is 0. The van der Waals surface area contributed by atoms with E-state index in [1.54, 1.807) is 23.5 Å². The van der Waals surface area contributed by atoms with Crippen LogP contribution in [-0.4, -0.2) is 4.98 Å². The third-order valence-electron chi connectivity index (χ3n) is 2.78. The van der Waals surface area contributed by atoms with Gasteiger partial charge in [0.05, 0.1) is 10.7 Å². The van der Waals surface area contributed by atoms with Crippen LogP contribution in [0.4, 0.5) is 0 Å². The molecule has 5 heteroatoms. The van der Waals surface area contributed by atoms with E-state index in [1.165, 1.54) is 0 Å². The maximum atomic E-state index is 6.21. The van der Waals surface area contributed by atoms with Gasteiger partial charge in [0.15, 0.2) is 0 Å². The predicted octanol–water partition coefficient (Wildman–Crippen LogP) is 6.55. The molecule has 20 heavy (non-hydrogen) atoms. The molecule has 0 aliphatic heterocycles. The van der Waals surface area contributed by atoms with Gasteiger partial charge in [-0.2, -0.15) is 0 Å². The third-order valence-corrected chi connectivity index (χ3v) is 4.73. The van der Waals surface area contributed by atoms with Crippen LogP contribution in [0.15, 0.2) is 52.3 Å². The lowest BCUT2D eigenvalue weighted by Crippen LogP contribution is -1.81. The average Bonchev–Trinajstić information content (AvgIpc) is 2.91. The second-order valence-electron chi connectivity index (χ2n) is 4.17. The maximum absolute atomic E-state index is 6.21. The predicted molar refractivity (Wildman–Crippen MR) is 90.7 cm³/mol. The molecule has 1 nitrogen and oxygen atoms in total. The number of hydrogen-bond donors (Lipinski definition) is 0. The Balaban J connectivity index is 2.04. The van der Waals surface area contributed by atoms with Gasteiger partial charge in [0.1, 0.15) is 5.01 Å². The largest absolute Gasteiger partial charge is 0.236 e. The Morgan fingerprint density at radius 1 is 1.05 bits per heavy atom. The summed E-state index contributed by atoms with van der Waals surface area (Å²) in [4.78, 5) is 4.65. The number of halogens is 3. The van der Waals surface area contributed by atoms with Crippen molar-refractivity contribution in [2.24, 2.45) is 0 Å². The quantitative estimate of drug-likeness (QED) is 0.488. The van der Waals surface area contributed by atoms with Crippen LogP contribution in [-0.2, 0) is 0 Å². The molecule has 0 atom stereocenters. The van der Waals surface area contributed by atoms with Gasteiger partial charge in [-0.15, -0.1) is 11.3 Å². The molecule has 0 fully saturated rings. The molecule has 100 valence electrons. The van der Waals surface area contributed by atoms with E-state index in [0.717, 1.165) is 26.3 Å². The number of thiazole rings is 1. The van der Waals surface area contributed by atoms with Crippen LogP contribution in [0, 0.1) is 0 Å². The normalized spacial score (nSPS) is 10.8. The number of rotatable bonds is 2. The molecular formula is C15H8BrCl2NS. The zero-order chi connectivity index (χ0) is 14.1. The molecule has 0 bridgehead atoms. The number of nitrogens with zero attached hydrogens (tertiary/aromatic N) is 1. The van der Waals surface area contributed by atoms with E-state index in [1.807, 2.05) is 35.7 Å². The van der Waals surface area contributed by atoms with Crippen molar-refractivity contribution < 1.29 is 0 Å². The molecule has 0 saturated carbocycles. The Hall–Kier alpha value is -0.870. The molecule has 2 aromatic carbocycles. The standard InChI is InChI=1S/C15H8BrCl2NS/c16-10-3-1-2-9(6-10)15-19-14(8-20-15)12-7-11(17)4-5-13(12)18/h1-8H. The number of hydrogen-bond acceptors (Lipinski definition) is 2. The SMILES string of the molecule is Clc1ccc(Cl)c(-c2csc(-c3cccc(Br)c3)n2)c1. The van der Waals surface area contributed by atoms with Gasteiger partial charge < -0.3 is 0 Å². The second kappa shape index (κ2) is 5.86. The van der Waals surface area contributed by atoms with E-state index in [0.29, 0.717) is 10.0 Å². The lowest BCUT2D eigenvalue weighted by molar-refractivity contribution is 1.40. The first-order valence-corrected chi connectivity index (χ1v) is 8.23. The van der Waals surface area contributed by atoms with Gasteiger partial charge in [-0.1, -0.05) is 51.3 Å². The van der Waals surface area contributed by atoms with Crippen LogP contribution < -0.4 is 0 Å². The first-order valence-electron chi connectivity index (χ1n) is 5.80. The molecule has 0 amide bonds. The van der Waals surface area contributed by atoms with Crippen molar-refractivity contribution >= 4 is 50.5 Å². The van der Waals surface area contributed by atoms with E-state index < -0.39 is 0 Å². The van der Waals surface area contributed by atoms with Gasteiger partial charge in [0.2, 0.25) is 0 Å². The fourth-order valence-corrected chi connectivity index (χ4v) is 3.45. The Labute approximate surface area is 139 Å². The Morgan fingerprint density at radius 3 is 2.70 bits per heavy atom. The van der Waals surface area contributed by atoms with Gasteiger partial charge in [-0.3, -0.25) is 0 Å². The molecular weight excluding hydrogens is 377 g/mol. The average molecular weight is 385 g/mol. The van der Waals surface area contributed by atoms with E-state index in [2.05, 4.69) is 20.9 Å². The fourth-order valence-electron chi connectivity index (χ4n) is 1.85. The van der Waals surface area contributed by atoms with Crippen molar-refractivity contribution in [1.29, 1.82) is 0 Å². The van der Waals surface area contributed by atoms with Crippen molar-refractivity contribution in [3.05, 3.63) is 62.4 Å². The Kier molecular flexibility index (Phi) is 4.13. The highest BCUT2D eigenvalue weighted by Gasteiger charge is 2.10. The van der Waals surface area contributed by atoms with Crippen molar-refractivity contribution in [3.8, 4) is 21.8 Å². The highest BCUT2D eigenvalue weighted by atomic mass is 79.9. The van der Waals surface area contributed by atoms with Crippen LogP contribution in [0.3, 0.4) is 0 Å². The van der Waals surface area contributed by atoms with Crippen molar-refractivity contribution in [2.45, 2.75) is 0 Å². The summed E-state index contributed by atoms with van der Waals surface area (Å²) in [6.45, 7) is 0. The minimum Gasteiger partial charge on any atom is -0.236 e. The molecule has 0 aliphatic carbocycles. The van der Waals surface area contributed by atoms with Crippen LogP contribution in [0.25, 0.3) is 21.8 Å². The summed E-state index contributed by atoms with van der Waals surface area (Å²) >= 11 is 17.3. The monoisotopic (exact) mass is 383 g/mol. The smallest absolute Gasteiger partial charge is 0.124 e. The number of benzene rings is 2. The van der Waals surface area contributed by atoms with Crippen molar-refractivity contribution in [3.63, 3.8) is 0 Å². The molecule has 0 radical (unpaired) electrons. The van der Waals surface area contributed by atoms with E-state index >= 15 is 0 Å². The summed E-state index contributed by atoms with van der Waals surface area (Å²) in [5.41, 5.74) is 2.78. The van der Waals surface area contributed by atoms with Crippen LogP contribution in [0.5, 0.6) is 0 Å².